The summed E-state index contributed by atoms with van der Waals surface area (Å²) < 4.78 is 5.11. The van der Waals surface area contributed by atoms with Crippen LogP contribution >= 0.6 is 0 Å². The van der Waals surface area contributed by atoms with E-state index in [1.807, 2.05) is 37.3 Å². The van der Waals surface area contributed by atoms with Gasteiger partial charge in [-0.1, -0.05) is 36.4 Å². The molecule has 0 atom stereocenters. The van der Waals surface area contributed by atoms with Gasteiger partial charge in [-0.3, -0.25) is 9.59 Å². The molecule has 0 unspecified atom stereocenters. The lowest BCUT2D eigenvalue weighted by molar-refractivity contribution is 0.0746. The lowest BCUT2D eigenvalue weighted by Gasteiger charge is -2.20. The molecule has 1 heterocycles. The summed E-state index contributed by atoms with van der Waals surface area (Å²) >= 11 is 0. The fourth-order valence-electron chi connectivity index (χ4n) is 2.84. The monoisotopic (exact) mass is 389 g/mol. The van der Waals surface area contributed by atoms with E-state index in [-0.39, 0.29) is 23.2 Å². The zero-order valence-electron chi connectivity index (χ0n) is 16.5. The molecule has 0 saturated carbocycles. The van der Waals surface area contributed by atoms with Gasteiger partial charge in [-0.25, -0.2) is 4.98 Å². The Hall–Kier alpha value is -3.67. The first-order valence-corrected chi connectivity index (χ1v) is 9.36. The average Bonchev–Trinajstić information content (AvgIpc) is 2.78. The van der Waals surface area contributed by atoms with E-state index in [2.05, 4.69) is 10.3 Å². The van der Waals surface area contributed by atoms with Crippen LogP contribution in [0.4, 0.5) is 5.69 Å². The minimum absolute atomic E-state index is 0.183. The maximum atomic E-state index is 12.9. The van der Waals surface area contributed by atoms with E-state index in [1.165, 1.54) is 0 Å². The van der Waals surface area contributed by atoms with E-state index in [0.29, 0.717) is 24.5 Å². The third-order valence-electron chi connectivity index (χ3n) is 4.43. The SMILES string of the molecule is CCN(Cc1ccccc1)C(=O)c1cccc(C(=O)Nc2ccc(OC)cc2)n1. The molecular formula is C23H23N3O3. The van der Waals surface area contributed by atoms with E-state index >= 15 is 0 Å². The van der Waals surface area contributed by atoms with Crippen molar-refractivity contribution in [1.29, 1.82) is 0 Å². The van der Waals surface area contributed by atoms with Crippen molar-refractivity contribution in [3.05, 3.63) is 89.7 Å². The van der Waals surface area contributed by atoms with Crippen LogP contribution in [-0.4, -0.2) is 35.4 Å². The first-order chi connectivity index (χ1) is 14.1. The molecule has 3 rings (SSSR count). The Morgan fingerprint density at radius 3 is 2.28 bits per heavy atom. The van der Waals surface area contributed by atoms with Crippen LogP contribution in [0, 0.1) is 0 Å². The van der Waals surface area contributed by atoms with Crippen LogP contribution in [0.15, 0.2) is 72.8 Å². The summed E-state index contributed by atoms with van der Waals surface area (Å²) in [5.74, 6) is 0.109. The smallest absolute Gasteiger partial charge is 0.274 e. The zero-order valence-corrected chi connectivity index (χ0v) is 16.5. The highest BCUT2D eigenvalue weighted by atomic mass is 16.5. The average molecular weight is 389 g/mol. The fourth-order valence-corrected chi connectivity index (χ4v) is 2.84. The summed E-state index contributed by atoms with van der Waals surface area (Å²) in [4.78, 5) is 31.4. The van der Waals surface area contributed by atoms with E-state index in [0.717, 1.165) is 5.56 Å². The third-order valence-corrected chi connectivity index (χ3v) is 4.43. The predicted octanol–water partition coefficient (Wildman–Crippen LogP) is 4.00. The number of amides is 2. The first-order valence-electron chi connectivity index (χ1n) is 9.36. The van der Waals surface area contributed by atoms with Gasteiger partial charge in [0.05, 0.1) is 7.11 Å². The van der Waals surface area contributed by atoms with Gasteiger partial charge in [-0.15, -0.1) is 0 Å². The molecule has 1 N–H and O–H groups in total. The molecule has 0 spiro atoms. The van der Waals surface area contributed by atoms with E-state index < -0.39 is 0 Å². The van der Waals surface area contributed by atoms with Gasteiger partial charge >= 0.3 is 0 Å². The van der Waals surface area contributed by atoms with Gasteiger partial charge in [0.1, 0.15) is 17.1 Å². The number of carbonyl (C=O) groups is 2. The second kappa shape index (κ2) is 9.50. The summed E-state index contributed by atoms with van der Waals surface area (Å²) in [5, 5.41) is 2.78. The van der Waals surface area contributed by atoms with Crippen molar-refractivity contribution in [2.24, 2.45) is 0 Å². The third kappa shape index (κ3) is 5.19. The van der Waals surface area contributed by atoms with Crippen LogP contribution in [-0.2, 0) is 6.54 Å². The second-order valence-corrected chi connectivity index (χ2v) is 6.40. The predicted molar refractivity (Wildman–Crippen MR) is 112 cm³/mol. The van der Waals surface area contributed by atoms with Gasteiger partial charge in [-0.2, -0.15) is 0 Å². The van der Waals surface area contributed by atoms with Gasteiger partial charge < -0.3 is 15.0 Å². The van der Waals surface area contributed by atoms with E-state index in [1.54, 1.807) is 54.5 Å². The quantitative estimate of drug-likeness (QED) is 0.663. The molecule has 1 aromatic heterocycles. The molecule has 29 heavy (non-hydrogen) atoms. The standard InChI is InChI=1S/C23H23N3O3/c1-3-26(16-17-8-5-4-6-9-17)23(28)21-11-7-10-20(25-21)22(27)24-18-12-14-19(29-2)15-13-18/h4-15H,3,16H2,1-2H3,(H,24,27). The Morgan fingerprint density at radius 2 is 1.62 bits per heavy atom. The summed E-state index contributed by atoms with van der Waals surface area (Å²) in [6.07, 6.45) is 0. The van der Waals surface area contributed by atoms with Crippen molar-refractivity contribution >= 4 is 17.5 Å². The molecule has 0 saturated heterocycles. The summed E-state index contributed by atoms with van der Waals surface area (Å²) in [6.45, 7) is 2.94. The highest BCUT2D eigenvalue weighted by molar-refractivity contribution is 6.03. The summed E-state index contributed by atoms with van der Waals surface area (Å²) in [7, 11) is 1.58. The number of benzene rings is 2. The van der Waals surface area contributed by atoms with E-state index in [9.17, 15) is 9.59 Å². The molecule has 0 bridgehead atoms. The number of carbonyl (C=O) groups excluding carboxylic acids is 2. The number of hydrogen-bond donors (Lipinski definition) is 1. The second-order valence-electron chi connectivity index (χ2n) is 6.40. The molecule has 0 aliphatic heterocycles. The Morgan fingerprint density at radius 1 is 0.931 bits per heavy atom. The Labute approximate surface area is 170 Å². The normalized spacial score (nSPS) is 10.3. The minimum Gasteiger partial charge on any atom is -0.497 e. The summed E-state index contributed by atoms with van der Waals surface area (Å²) in [6, 6.07) is 21.6. The molecule has 2 amide bonds. The van der Waals surface area contributed by atoms with Crippen molar-refractivity contribution in [2.45, 2.75) is 13.5 Å². The number of pyridine rings is 1. The van der Waals surface area contributed by atoms with Crippen LogP contribution in [0.1, 0.15) is 33.5 Å². The Balaban J connectivity index is 1.73. The molecule has 0 aliphatic rings. The molecule has 0 aliphatic carbocycles. The Bertz CT molecular complexity index is 972. The van der Waals surface area contributed by atoms with Crippen LogP contribution in [0.5, 0.6) is 5.75 Å². The molecule has 148 valence electrons. The fraction of sp³-hybridized carbons (Fsp3) is 0.174. The number of methoxy groups -OCH3 is 1. The van der Waals surface area contributed by atoms with Crippen molar-refractivity contribution in [3.63, 3.8) is 0 Å². The molecule has 0 fully saturated rings. The zero-order chi connectivity index (χ0) is 20.6. The summed E-state index contributed by atoms with van der Waals surface area (Å²) in [5.41, 5.74) is 2.08. The molecule has 6 nitrogen and oxygen atoms in total. The molecule has 0 radical (unpaired) electrons. The largest absolute Gasteiger partial charge is 0.497 e. The maximum Gasteiger partial charge on any atom is 0.274 e. The van der Waals surface area contributed by atoms with Gasteiger partial charge in [0, 0.05) is 18.8 Å². The van der Waals surface area contributed by atoms with Crippen LogP contribution in [0.2, 0.25) is 0 Å². The van der Waals surface area contributed by atoms with Gasteiger partial charge in [-0.05, 0) is 48.9 Å². The lowest BCUT2D eigenvalue weighted by atomic mass is 10.2. The van der Waals surface area contributed by atoms with Gasteiger partial charge in [0.25, 0.3) is 11.8 Å². The number of hydrogen-bond acceptors (Lipinski definition) is 4. The number of nitrogens with zero attached hydrogens (tertiary/aromatic N) is 2. The van der Waals surface area contributed by atoms with Crippen LogP contribution in [0.3, 0.4) is 0 Å². The highest BCUT2D eigenvalue weighted by Gasteiger charge is 2.18. The van der Waals surface area contributed by atoms with Crippen molar-refractivity contribution in [3.8, 4) is 5.75 Å². The molecule has 6 heteroatoms. The van der Waals surface area contributed by atoms with Crippen molar-refractivity contribution < 1.29 is 14.3 Å². The number of anilines is 1. The molecule has 2 aromatic carbocycles. The molecular weight excluding hydrogens is 366 g/mol. The number of ether oxygens (including phenoxy) is 1. The first kappa shape index (κ1) is 20.1. The highest BCUT2D eigenvalue weighted by Crippen LogP contribution is 2.16. The van der Waals surface area contributed by atoms with Gasteiger partial charge in [0.2, 0.25) is 0 Å². The Kier molecular flexibility index (Phi) is 6.58. The van der Waals surface area contributed by atoms with E-state index in [4.69, 9.17) is 4.74 Å². The number of aromatic nitrogens is 1. The lowest BCUT2D eigenvalue weighted by Crippen LogP contribution is -2.31. The maximum absolute atomic E-state index is 12.9. The number of rotatable bonds is 7. The number of nitrogens with one attached hydrogen (secondary N) is 1. The van der Waals surface area contributed by atoms with Crippen molar-refractivity contribution in [1.82, 2.24) is 9.88 Å². The molecule has 3 aromatic rings. The van der Waals surface area contributed by atoms with Gasteiger partial charge in [0.15, 0.2) is 0 Å². The topological polar surface area (TPSA) is 71.5 Å². The minimum atomic E-state index is -0.379. The van der Waals surface area contributed by atoms with Crippen LogP contribution in [0.25, 0.3) is 0 Å². The van der Waals surface area contributed by atoms with Crippen molar-refractivity contribution in [2.75, 3.05) is 19.0 Å². The van der Waals surface area contributed by atoms with Crippen LogP contribution < -0.4 is 10.1 Å².